The molecule has 0 saturated carbocycles. The number of carboxylic acids is 1. The van der Waals surface area contributed by atoms with Crippen molar-refractivity contribution in [3.8, 4) is 17.6 Å². The molecule has 0 aliphatic heterocycles. The number of ether oxygens (including phenoxy) is 2. The highest BCUT2D eigenvalue weighted by molar-refractivity contribution is 6.32. The van der Waals surface area contributed by atoms with Crippen LogP contribution >= 0.6 is 11.6 Å². The molecule has 0 radical (unpaired) electrons. The van der Waals surface area contributed by atoms with Crippen LogP contribution in [0.25, 0.3) is 6.08 Å². The Morgan fingerprint density at radius 1 is 1.17 bits per heavy atom. The van der Waals surface area contributed by atoms with Crippen LogP contribution < -0.4 is 9.47 Å². The Morgan fingerprint density at radius 2 is 1.92 bits per heavy atom. The van der Waals surface area contributed by atoms with Gasteiger partial charge in [0.1, 0.15) is 36.4 Å². The Morgan fingerprint density at radius 3 is 2.62 bits per heavy atom. The highest BCUT2D eigenvalue weighted by Gasteiger charge is 2.06. The largest absolute Gasteiger partial charge is 0.490 e. The minimum atomic E-state index is -1.27. The molecule has 0 atom stereocenters. The zero-order valence-corrected chi connectivity index (χ0v) is 13.4. The van der Waals surface area contributed by atoms with Crippen molar-refractivity contribution in [3.63, 3.8) is 0 Å². The molecule has 122 valence electrons. The van der Waals surface area contributed by atoms with E-state index in [0.717, 1.165) is 0 Å². The van der Waals surface area contributed by atoms with Gasteiger partial charge in [-0.15, -0.1) is 0 Å². The van der Waals surface area contributed by atoms with Gasteiger partial charge in [-0.05, 0) is 35.9 Å². The number of hydrogen-bond acceptors (Lipinski definition) is 4. The summed E-state index contributed by atoms with van der Waals surface area (Å²) in [6, 6.07) is 15.6. The van der Waals surface area contributed by atoms with Crippen molar-refractivity contribution in [3.05, 3.63) is 64.7 Å². The number of aliphatic carboxylic acids is 1. The summed E-state index contributed by atoms with van der Waals surface area (Å²) in [5.41, 5.74) is 0.229. The van der Waals surface area contributed by atoms with Crippen molar-refractivity contribution >= 4 is 23.6 Å². The topological polar surface area (TPSA) is 79.5 Å². The molecule has 24 heavy (non-hydrogen) atoms. The molecule has 0 saturated heterocycles. The predicted molar refractivity (Wildman–Crippen MR) is 90.1 cm³/mol. The second-order valence-electron chi connectivity index (χ2n) is 4.67. The van der Waals surface area contributed by atoms with Gasteiger partial charge >= 0.3 is 5.97 Å². The van der Waals surface area contributed by atoms with Gasteiger partial charge in [-0.2, -0.15) is 5.26 Å². The van der Waals surface area contributed by atoms with Crippen molar-refractivity contribution in [1.82, 2.24) is 0 Å². The van der Waals surface area contributed by atoms with Crippen molar-refractivity contribution in [2.45, 2.75) is 0 Å². The molecule has 0 aromatic heterocycles. The molecule has 0 heterocycles. The SMILES string of the molecule is N#CC(=Cc1cccc(OCCOc2ccccc2Cl)c1)C(=O)O. The first kappa shape index (κ1) is 17.4. The fourth-order valence-corrected chi connectivity index (χ4v) is 2.07. The molecule has 0 amide bonds. The van der Waals surface area contributed by atoms with Gasteiger partial charge in [0, 0.05) is 0 Å². The van der Waals surface area contributed by atoms with Crippen LogP contribution in [0.5, 0.6) is 11.5 Å². The average Bonchev–Trinajstić information content (AvgIpc) is 2.58. The highest BCUT2D eigenvalue weighted by Crippen LogP contribution is 2.23. The first-order valence-corrected chi connectivity index (χ1v) is 7.43. The van der Waals surface area contributed by atoms with Gasteiger partial charge in [-0.25, -0.2) is 4.79 Å². The van der Waals surface area contributed by atoms with E-state index in [1.165, 1.54) is 6.08 Å². The third-order valence-corrected chi connectivity index (χ3v) is 3.28. The Balaban J connectivity index is 1.92. The van der Waals surface area contributed by atoms with Gasteiger partial charge in [-0.3, -0.25) is 0 Å². The monoisotopic (exact) mass is 343 g/mol. The number of nitriles is 1. The van der Waals surface area contributed by atoms with Crippen molar-refractivity contribution in [2.75, 3.05) is 13.2 Å². The van der Waals surface area contributed by atoms with Crippen molar-refractivity contribution in [1.29, 1.82) is 5.26 Å². The molecule has 0 aliphatic carbocycles. The van der Waals surface area contributed by atoms with E-state index in [4.69, 9.17) is 31.4 Å². The molecular weight excluding hydrogens is 330 g/mol. The number of carbonyl (C=O) groups is 1. The summed E-state index contributed by atoms with van der Waals surface area (Å²) in [7, 11) is 0. The van der Waals surface area contributed by atoms with E-state index in [0.29, 0.717) is 35.3 Å². The molecule has 2 aromatic rings. The molecule has 0 unspecified atom stereocenters. The van der Waals surface area contributed by atoms with E-state index >= 15 is 0 Å². The second kappa shape index (κ2) is 8.61. The van der Waals surface area contributed by atoms with Crippen LogP contribution in [0.4, 0.5) is 0 Å². The molecule has 6 heteroatoms. The molecule has 2 rings (SSSR count). The fraction of sp³-hybridized carbons (Fsp3) is 0.111. The van der Waals surface area contributed by atoms with E-state index in [2.05, 4.69) is 0 Å². The van der Waals surface area contributed by atoms with Crippen LogP contribution in [0, 0.1) is 11.3 Å². The average molecular weight is 344 g/mol. The number of para-hydroxylation sites is 1. The lowest BCUT2D eigenvalue weighted by atomic mass is 10.1. The molecule has 0 fully saturated rings. The predicted octanol–water partition coefficient (Wildman–Crippen LogP) is 3.79. The number of carboxylic acid groups (broad SMARTS) is 1. The third-order valence-electron chi connectivity index (χ3n) is 2.97. The Labute approximate surface area is 144 Å². The lowest BCUT2D eigenvalue weighted by molar-refractivity contribution is -0.132. The van der Waals surface area contributed by atoms with Crippen LogP contribution in [-0.2, 0) is 4.79 Å². The van der Waals surface area contributed by atoms with Crippen LogP contribution in [0.2, 0.25) is 5.02 Å². The summed E-state index contributed by atoms with van der Waals surface area (Å²) in [5, 5.41) is 18.2. The molecule has 0 aliphatic rings. The standard InChI is InChI=1S/C18H14ClNO4/c19-16-6-1-2-7-17(16)24-9-8-23-15-5-3-4-13(11-15)10-14(12-20)18(21)22/h1-7,10-11H,8-9H2,(H,21,22). The Bertz CT molecular complexity index is 796. The molecule has 0 spiro atoms. The highest BCUT2D eigenvalue weighted by atomic mass is 35.5. The number of rotatable bonds is 7. The van der Waals surface area contributed by atoms with E-state index in [1.807, 2.05) is 12.1 Å². The van der Waals surface area contributed by atoms with Crippen LogP contribution in [0.3, 0.4) is 0 Å². The van der Waals surface area contributed by atoms with E-state index in [-0.39, 0.29) is 5.57 Å². The van der Waals surface area contributed by atoms with Gasteiger partial charge in [0.15, 0.2) is 0 Å². The van der Waals surface area contributed by atoms with Crippen LogP contribution in [0.1, 0.15) is 5.56 Å². The summed E-state index contributed by atoms with van der Waals surface area (Å²) >= 11 is 5.98. The summed E-state index contributed by atoms with van der Waals surface area (Å²) in [6.45, 7) is 0.602. The van der Waals surface area contributed by atoms with Gasteiger partial charge in [0.25, 0.3) is 0 Å². The maximum atomic E-state index is 10.8. The second-order valence-corrected chi connectivity index (χ2v) is 5.08. The van der Waals surface area contributed by atoms with E-state index in [9.17, 15) is 4.79 Å². The van der Waals surface area contributed by atoms with E-state index < -0.39 is 5.97 Å². The fourth-order valence-electron chi connectivity index (χ4n) is 1.88. The number of benzene rings is 2. The minimum Gasteiger partial charge on any atom is -0.490 e. The van der Waals surface area contributed by atoms with Crippen LogP contribution in [0.15, 0.2) is 54.1 Å². The first-order chi connectivity index (χ1) is 11.6. The smallest absolute Gasteiger partial charge is 0.346 e. The molecule has 0 bridgehead atoms. The lowest BCUT2D eigenvalue weighted by Gasteiger charge is -2.09. The van der Waals surface area contributed by atoms with Crippen LogP contribution in [-0.4, -0.2) is 24.3 Å². The summed E-state index contributed by atoms with van der Waals surface area (Å²) in [5.74, 6) is -0.134. The zero-order chi connectivity index (χ0) is 17.4. The van der Waals surface area contributed by atoms with E-state index in [1.54, 1.807) is 42.5 Å². The van der Waals surface area contributed by atoms with Gasteiger partial charge < -0.3 is 14.6 Å². The quantitative estimate of drug-likeness (QED) is 0.470. The zero-order valence-electron chi connectivity index (χ0n) is 12.6. The lowest BCUT2D eigenvalue weighted by Crippen LogP contribution is -2.09. The van der Waals surface area contributed by atoms with Crippen molar-refractivity contribution < 1.29 is 19.4 Å². The molecule has 2 aromatic carbocycles. The third kappa shape index (κ3) is 5.04. The number of hydrogen-bond donors (Lipinski definition) is 1. The maximum absolute atomic E-state index is 10.8. The van der Waals surface area contributed by atoms with Gasteiger partial charge in [0.2, 0.25) is 0 Å². The summed E-state index contributed by atoms with van der Waals surface area (Å²) < 4.78 is 11.1. The number of halogens is 1. The molecule has 5 nitrogen and oxygen atoms in total. The Kier molecular flexibility index (Phi) is 6.23. The number of nitrogens with zero attached hydrogens (tertiary/aromatic N) is 1. The summed E-state index contributed by atoms with van der Waals surface area (Å²) in [4.78, 5) is 10.8. The van der Waals surface area contributed by atoms with Crippen molar-refractivity contribution in [2.24, 2.45) is 0 Å². The summed E-state index contributed by atoms with van der Waals surface area (Å²) in [6.07, 6.45) is 1.29. The minimum absolute atomic E-state index is 0.294. The maximum Gasteiger partial charge on any atom is 0.346 e. The molecule has 1 N–H and O–H groups in total. The normalized spacial score (nSPS) is 10.8. The van der Waals surface area contributed by atoms with Gasteiger partial charge in [-0.1, -0.05) is 35.9 Å². The molecular formula is C18H14ClNO4. The first-order valence-electron chi connectivity index (χ1n) is 7.05. The Hall–Kier alpha value is -2.97. The van der Waals surface area contributed by atoms with Gasteiger partial charge in [0.05, 0.1) is 5.02 Å².